The van der Waals surface area contributed by atoms with Gasteiger partial charge in [0.15, 0.2) is 0 Å². The zero-order valence-corrected chi connectivity index (χ0v) is 11.1. The predicted octanol–water partition coefficient (Wildman–Crippen LogP) is 1.40. The van der Waals surface area contributed by atoms with Gasteiger partial charge in [-0.15, -0.1) is 0 Å². The molecule has 0 amide bonds. The summed E-state index contributed by atoms with van der Waals surface area (Å²) in [5, 5.41) is 4.18. The quantitative estimate of drug-likeness (QED) is 0.863. The highest BCUT2D eigenvalue weighted by molar-refractivity contribution is 5.10. The van der Waals surface area contributed by atoms with E-state index in [1.54, 1.807) is 0 Å². The summed E-state index contributed by atoms with van der Waals surface area (Å²) >= 11 is 0. The largest absolute Gasteiger partial charge is 0.323 e. The van der Waals surface area contributed by atoms with Gasteiger partial charge in [0.25, 0.3) is 0 Å². The number of rotatable bonds is 3. The summed E-state index contributed by atoms with van der Waals surface area (Å²) in [5.41, 5.74) is 7.37. The Kier molecular flexibility index (Phi) is 3.84. The molecule has 17 heavy (non-hydrogen) atoms. The molecule has 1 aromatic rings. The summed E-state index contributed by atoms with van der Waals surface area (Å²) in [6.07, 6.45) is 5.24. The lowest BCUT2D eigenvalue weighted by molar-refractivity contribution is 0.134. The van der Waals surface area contributed by atoms with Crippen LogP contribution in [0.25, 0.3) is 0 Å². The monoisotopic (exact) mass is 236 g/mol. The van der Waals surface area contributed by atoms with E-state index in [2.05, 4.69) is 23.8 Å². The van der Waals surface area contributed by atoms with Crippen molar-refractivity contribution in [3.8, 4) is 0 Å². The second kappa shape index (κ2) is 5.19. The van der Waals surface area contributed by atoms with Gasteiger partial charge in [-0.05, 0) is 18.3 Å². The topological polar surface area (TPSA) is 47.1 Å². The summed E-state index contributed by atoms with van der Waals surface area (Å²) < 4.78 is 1.82. The molecule has 3 atom stereocenters. The Morgan fingerprint density at radius 1 is 1.41 bits per heavy atom. The Balaban J connectivity index is 1.92. The third-order valence-corrected chi connectivity index (χ3v) is 3.55. The number of nitrogens with two attached hydrogens (primary N) is 1. The second-order valence-electron chi connectivity index (χ2n) is 5.72. The lowest BCUT2D eigenvalue weighted by Gasteiger charge is -2.36. The molecule has 0 bridgehead atoms. The van der Waals surface area contributed by atoms with E-state index in [4.69, 9.17) is 5.73 Å². The van der Waals surface area contributed by atoms with Crippen LogP contribution in [0.3, 0.4) is 0 Å². The van der Waals surface area contributed by atoms with Gasteiger partial charge in [0, 0.05) is 44.5 Å². The fourth-order valence-corrected chi connectivity index (χ4v) is 2.96. The van der Waals surface area contributed by atoms with Crippen LogP contribution in [-0.4, -0.2) is 34.3 Å². The van der Waals surface area contributed by atoms with E-state index in [0.29, 0.717) is 0 Å². The first kappa shape index (κ1) is 12.6. The Labute approximate surface area is 104 Å². The molecule has 0 aliphatic carbocycles. The molecule has 3 unspecified atom stereocenters. The Morgan fingerprint density at radius 2 is 2.06 bits per heavy atom. The minimum atomic E-state index is 0.0844. The molecule has 0 saturated carbocycles. The van der Waals surface area contributed by atoms with Crippen LogP contribution in [0, 0.1) is 11.8 Å². The molecule has 2 N–H and O–H groups in total. The number of hydrogen-bond acceptors (Lipinski definition) is 3. The first-order chi connectivity index (χ1) is 8.04. The van der Waals surface area contributed by atoms with Crippen molar-refractivity contribution in [1.29, 1.82) is 0 Å². The van der Waals surface area contributed by atoms with Crippen LogP contribution >= 0.6 is 0 Å². The zero-order valence-electron chi connectivity index (χ0n) is 11.1. The molecule has 96 valence electrons. The van der Waals surface area contributed by atoms with Crippen LogP contribution in [0.4, 0.5) is 0 Å². The first-order valence-electron chi connectivity index (χ1n) is 6.51. The van der Waals surface area contributed by atoms with Gasteiger partial charge < -0.3 is 10.6 Å². The van der Waals surface area contributed by atoms with Crippen molar-refractivity contribution in [1.82, 2.24) is 14.7 Å². The highest BCUT2D eigenvalue weighted by atomic mass is 15.2. The van der Waals surface area contributed by atoms with Crippen molar-refractivity contribution in [3.05, 3.63) is 18.0 Å². The third-order valence-electron chi connectivity index (χ3n) is 3.55. The molecule has 0 aromatic carbocycles. The predicted molar refractivity (Wildman–Crippen MR) is 69.5 cm³/mol. The number of hydrogen-bond donors (Lipinski definition) is 1. The van der Waals surface area contributed by atoms with Crippen LogP contribution < -0.4 is 5.73 Å². The molecule has 4 nitrogen and oxygen atoms in total. The standard InChI is InChI=1S/C13H24N4/c1-10-4-11(2)7-17(6-10)9-13(14)12-5-15-16(3)8-12/h5,8,10-11,13H,4,6-7,9,14H2,1-3H3. The van der Waals surface area contributed by atoms with Crippen LogP contribution in [0.5, 0.6) is 0 Å². The molecular weight excluding hydrogens is 212 g/mol. The molecule has 2 heterocycles. The summed E-state index contributed by atoms with van der Waals surface area (Å²) in [6.45, 7) is 7.97. The minimum absolute atomic E-state index is 0.0844. The smallest absolute Gasteiger partial charge is 0.0537 e. The van der Waals surface area contributed by atoms with Crippen molar-refractivity contribution in [2.45, 2.75) is 26.3 Å². The molecule has 0 spiro atoms. The van der Waals surface area contributed by atoms with Gasteiger partial charge in [-0.3, -0.25) is 4.68 Å². The molecule has 2 rings (SSSR count). The number of aryl methyl sites for hydroxylation is 1. The molecule has 1 aliphatic heterocycles. The molecular formula is C13H24N4. The van der Waals surface area contributed by atoms with Gasteiger partial charge in [0.2, 0.25) is 0 Å². The van der Waals surface area contributed by atoms with E-state index in [1.807, 2.05) is 24.1 Å². The molecule has 1 fully saturated rings. The lowest BCUT2D eigenvalue weighted by Crippen LogP contribution is -2.42. The van der Waals surface area contributed by atoms with E-state index >= 15 is 0 Å². The van der Waals surface area contributed by atoms with Gasteiger partial charge in [-0.1, -0.05) is 13.8 Å². The minimum Gasteiger partial charge on any atom is -0.323 e. The average Bonchev–Trinajstić information content (AvgIpc) is 2.63. The maximum atomic E-state index is 6.24. The molecule has 1 aliphatic rings. The van der Waals surface area contributed by atoms with E-state index in [-0.39, 0.29) is 6.04 Å². The third kappa shape index (κ3) is 3.30. The van der Waals surface area contributed by atoms with Crippen molar-refractivity contribution < 1.29 is 0 Å². The molecule has 1 saturated heterocycles. The summed E-state index contributed by atoms with van der Waals surface area (Å²) in [6, 6.07) is 0.0844. The highest BCUT2D eigenvalue weighted by Gasteiger charge is 2.23. The van der Waals surface area contributed by atoms with Gasteiger partial charge in [0.05, 0.1) is 6.20 Å². The number of nitrogens with zero attached hydrogens (tertiary/aromatic N) is 3. The summed E-state index contributed by atoms with van der Waals surface area (Å²) in [5.74, 6) is 1.58. The molecule has 4 heteroatoms. The number of aromatic nitrogens is 2. The van der Waals surface area contributed by atoms with Crippen molar-refractivity contribution >= 4 is 0 Å². The molecule has 1 aromatic heterocycles. The van der Waals surface area contributed by atoms with Crippen LogP contribution in [-0.2, 0) is 7.05 Å². The van der Waals surface area contributed by atoms with Crippen molar-refractivity contribution in [3.63, 3.8) is 0 Å². The van der Waals surface area contributed by atoms with E-state index in [1.165, 1.54) is 19.5 Å². The van der Waals surface area contributed by atoms with Gasteiger partial charge >= 0.3 is 0 Å². The fourth-order valence-electron chi connectivity index (χ4n) is 2.96. The summed E-state index contributed by atoms with van der Waals surface area (Å²) in [4.78, 5) is 2.50. The van der Waals surface area contributed by atoms with E-state index in [0.717, 1.165) is 23.9 Å². The normalized spacial score (nSPS) is 28.2. The van der Waals surface area contributed by atoms with Crippen LogP contribution in [0.1, 0.15) is 31.9 Å². The number of piperidine rings is 1. The Morgan fingerprint density at radius 3 is 2.59 bits per heavy atom. The Hall–Kier alpha value is -0.870. The highest BCUT2D eigenvalue weighted by Crippen LogP contribution is 2.22. The maximum Gasteiger partial charge on any atom is 0.0537 e. The average molecular weight is 236 g/mol. The van der Waals surface area contributed by atoms with Gasteiger partial charge in [0.1, 0.15) is 0 Å². The summed E-state index contributed by atoms with van der Waals surface area (Å²) in [7, 11) is 1.93. The fraction of sp³-hybridized carbons (Fsp3) is 0.769. The van der Waals surface area contributed by atoms with Crippen LogP contribution in [0.2, 0.25) is 0 Å². The zero-order chi connectivity index (χ0) is 12.4. The SMILES string of the molecule is CC1CC(C)CN(CC(N)c2cnn(C)c2)C1. The Bertz CT molecular complexity index is 350. The molecule has 0 radical (unpaired) electrons. The van der Waals surface area contributed by atoms with Crippen LogP contribution in [0.15, 0.2) is 12.4 Å². The van der Waals surface area contributed by atoms with Crippen molar-refractivity contribution in [2.75, 3.05) is 19.6 Å². The number of likely N-dealkylation sites (tertiary alicyclic amines) is 1. The van der Waals surface area contributed by atoms with E-state index in [9.17, 15) is 0 Å². The first-order valence-corrected chi connectivity index (χ1v) is 6.51. The second-order valence-corrected chi connectivity index (χ2v) is 5.72. The van der Waals surface area contributed by atoms with Gasteiger partial charge in [-0.25, -0.2) is 0 Å². The van der Waals surface area contributed by atoms with Crippen molar-refractivity contribution in [2.24, 2.45) is 24.6 Å². The lowest BCUT2D eigenvalue weighted by atomic mass is 9.91. The van der Waals surface area contributed by atoms with E-state index < -0.39 is 0 Å². The van der Waals surface area contributed by atoms with Gasteiger partial charge in [-0.2, -0.15) is 5.10 Å². The maximum absolute atomic E-state index is 6.24.